The molecule has 0 bridgehead atoms. The summed E-state index contributed by atoms with van der Waals surface area (Å²) in [5.74, 6) is 0. The van der Waals surface area contributed by atoms with Crippen LogP contribution in [0.15, 0.2) is 4.47 Å². The summed E-state index contributed by atoms with van der Waals surface area (Å²) in [5, 5.41) is 15.3. The van der Waals surface area contributed by atoms with E-state index in [9.17, 15) is 5.11 Å². The van der Waals surface area contributed by atoms with Crippen molar-refractivity contribution in [1.82, 2.24) is 14.7 Å². The Morgan fingerprint density at radius 1 is 1.26 bits per heavy atom. The van der Waals surface area contributed by atoms with Crippen LogP contribution in [0.3, 0.4) is 0 Å². The van der Waals surface area contributed by atoms with Gasteiger partial charge in [0.25, 0.3) is 0 Å². The van der Waals surface area contributed by atoms with Crippen molar-refractivity contribution in [1.29, 1.82) is 0 Å². The molecule has 0 saturated carbocycles. The number of halogens is 1. The fraction of sp³-hybridized carbons (Fsp3) is 0.786. The first kappa shape index (κ1) is 15.0. The van der Waals surface area contributed by atoms with Crippen molar-refractivity contribution in [2.24, 2.45) is 0 Å². The van der Waals surface area contributed by atoms with Crippen molar-refractivity contribution in [2.75, 3.05) is 19.6 Å². The lowest BCUT2D eigenvalue weighted by molar-refractivity contribution is -0.0209. The van der Waals surface area contributed by atoms with Gasteiger partial charge >= 0.3 is 0 Å². The Morgan fingerprint density at radius 3 is 2.42 bits per heavy atom. The molecule has 0 amide bonds. The van der Waals surface area contributed by atoms with Gasteiger partial charge < -0.3 is 10.0 Å². The van der Waals surface area contributed by atoms with Gasteiger partial charge in [0.1, 0.15) is 0 Å². The molecule has 1 N–H and O–H groups in total. The Labute approximate surface area is 123 Å². The summed E-state index contributed by atoms with van der Waals surface area (Å²) in [5.41, 5.74) is 1.56. The fourth-order valence-corrected chi connectivity index (χ4v) is 3.24. The van der Waals surface area contributed by atoms with Gasteiger partial charge in [-0.2, -0.15) is 5.10 Å². The molecule has 19 heavy (non-hydrogen) atoms. The quantitative estimate of drug-likeness (QED) is 0.921. The zero-order valence-corrected chi connectivity index (χ0v) is 13.7. The maximum atomic E-state index is 10.8. The number of piperidine rings is 1. The van der Waals surface area contributed by atoms with Crippen LogP contribution in [0, 0.1) is 6.92 Å². The van der Waals surface area contributed by atoms with Crippen molar-refractivity contribution >= 4 is 15.9 Å². The molecule has 0 unspecified atom stereocenters. The first-order chi connectivity index (χ1) is 8.99. The van der Waals surface area contributed by atoms with Crippen LogP contribution < -0.4 is 0 Å². The van der Waals surface area contributed by atoms with Crippen molar-refractivity contribution in [3.05, 3.63) is 15.9 Å². The first-order valence-corrected chi connectivity index (χ1v) is 7.95. The van der Waals surface area contributed by atoms with E-state index in [4.69, 9.17) is 0 Å². The van der Waals surface area contributed by atoms with Gasteiger partial charge in [0.15, 0.2) is 0 Å². The highest BCUT2D eigenvalue weighted by atomic mass is 79.9. The molecule has 0 radical (unpaired) electrons. The number of aromatic nitrogens is 2. The zero-order chi connectivity index (χ0) is 14.0. The summed E-state index contributed by atoms with van der Waals surface area (Å²) >= 11 is 3.61. The molecule has 5 heteroatoms. The minimum Gasteiger partial charge on any atom is -0.389 e. The Kier molecular flexibility index (Phi) is 4.69. The van der Waals surface area contributed by atoms with E-state index in [1.165, 1.54) is 0 Å². The van der Waals surface area contributed by atoms with Crippen molar-refractivity contribution in [3.63, 3.8) is 0 Å². The van der Waals surface area contributed by atoms with Gasteiger partial charge in [0.2, 0.25) is 0 Å². The maximum Gasteiger partial charge on any atom is 0.0738 e. The highest BCUT2D eigenvalue weighted by Gasteiger charge is 2.34. The van der Waals surface area contributed by atoms with Crippen LogP contribution in [0.4, 0.5) is 0 Å². The number of likely N-dealkylation sites (tertiary alicyclic amines) is 1. The van der Waals surface area contributed by atoms with Gasteiger partial charge in [-0.05, 0) is 49.2 Å². The Bertz CT molecular complexity index is 436. The molecule has 1 aromatic rings. The van der Waals surface area contributed by atoms with E-state index >= 15 is 0 Å². The van der Waals surface area contributed by atoms with E-state index < -0.39 is 5.60 Å². The van der Waals surface area contributed by atoms with E-state index in [-0.39, 0.29) is 0 Å². The van der Waals surface area contributed by atoms with Crippen LogP contribution in [0.5, 0.6) is 0 Å². The van der Waals surface area contributed by atoms with Gasteiger partial charge in [0.05, 0.1) is 21.5 Å². The molecule has 1 saturated heterocycles. The molecule has 2 rings (SSSR count). The van der Waals surface area contributed by atoms with Crippen LogP contribution in [0.1, 0.15) is 38.1 Å². The van der Waals surface area contributed by atoms with Crippen molar-refractivity contribution in [2.45, 2.75) is 52.2 Å². The largest absolute Gasteiger partial charge is 0.389 e. The van der Waals surface area contributed by atoms with Crippen LogP contribution in [0.25, 0.3) is 0 Å². The van der Waals surface area contributed by atoms with E-state index in [0.29, 0.717) is 6.42 Å². The van der Waals surface area contributed by atoms with Gasteiger partial charge in [-0.3, -0.25) is 4.68 Å². The maximum absolute atomic E-state index is 10.8. The van der Waals surface area contributed by atoms with Crippen molar-refractivity contribution < 1.29 is 5.11 Å². The highest BCUT2D eigenvalue weighted by Crippen LogP contribution is 2.30. The van der Waals surface area contributed by atoms with Gasteiger partial charge in [-0.25, -0.2) is 0 Å². The van der Waals surface area contributed by atoms with Crippen LogP contribution >= 0.6 is 15.9 Å². The predicted molar refractivity (Wildman–Crippen MR) is 80.3 cm³/mol. The molecule has 0 aliphatic carbocycles. The molecule has 1 aliphatic rings. The molecular formula is C14H24BrN3O. The van der Waals surface area contributed by atoms with Gasteiger partial charge in [0, 0.05) is 26.1 Å². The topological polar surface area (TPSA) is 41.3 Å². The lowest BCUT2D eigenvalue weighted by Gasteiger charge is -2.38. The molecule has 0 atom stereocenters. The third-order valence-corrected chi connectivity index (χ3v) is 5.21. The zero-order valence-electron chi connectivity index (χ0n) is 12.1. The number of hydrogen-bond donors (Lipinski definition) is 1. The van der Waals surface area contributed by atoms with Crippen molar-refractivity contribution in [3.8, 4) is 0 Å². The summed E-state index contributed by atoms with van der Waals surface area (Å²) < 4.78 is 3.06. The average molecular weight is 330 g/mol. The summed E-state index contributed by atoms with van der Waals surface area (Å²) in [6.45, 7) is 10.2. The van der Waals surface area contributed by atoms with Crippen LogP contribution in [-0.2, 0) is 13.0 Å². The number of rotatable bonds is 4. The molecule has 1 aromatic heterocycles. The molecule has 4 nitrogen and oxygen atoms in total. The van der Waals surface area contributed by atoms with Gasteiger partial charge in [-0.1, -0.05) is 6.92 Å². The van der Waals surface area contributed by atoms with E-state index in [2.05, 4.69) is 39.8 Å². The third-order valence-electron chi connectivity index (χ3n) is 4.18. The van der Waals surface area contributed by atoms with E-state index in [0.717, 1.165) is 54.9 Å². The SMILES string of the molecule is CCN1CCC(O)(Cc2c(Br)c(C)nn2CC)CC1. The molecule has 0 spiro atoms. The standard InChI is InChI=1S/C14H24BrN3O/c1-4-17-8-6-14(19,7-9-17)10-12-13(15)11(3)16-18(12)5-2/h19H,4-10H2,1-3H3. The number of nitrogens with zero attached hydrogens (tertiary/aromatic N) is 3. The predicted octanol–water partition coefficient (Wildman–Crippen LogP) is 2.36. The molecule has 1 aliphatic heterocycles. The minimum atomic E-state index is -0.576. The fourth-order valence-electron chi connectivity index (χ4n) is 2.81. The molecular weight excluding hydrogens is 306 g/mol. The molecule has 1 fully saturated rings. The van der Waals surface area contributed by atoms with Crippen LogP contribution in [-0.4, -0.2) is 45.0 Å². The minimum absolute atomic E-state index is 0.576. The molecule has 2 heterocycles. The summed E-state index contributed by atoms with van der Waals surface area (Å²) in [6.07, 6.45) is 2.39. The average Bonchev–Trinajstić information content (AvgIpc) is 2.67. The van der Waals surface area contributed by atoms with E-state index in [1.54, 1.807) is 0 Å². The second-order valence-corrected chi connectivity index (χ2v) is 6.29. The summed E-state index contributed by atoms with van der Waals surface area (Å²) in [7, 11) is 0. The van der Waals surface area contributed by atoms with E-state index in [1.807, 2.05) is 11.6 Å². The number of aliphatic hydroxyl groups is 1. The molecule has 0 aromatic carbocycles. The third kappa shape index (κ3) is 3.20. The normalized spacial score (nSPS) is 19.8. The highest BCUT2D eigenvalue weighted by molar-refractivity contribution is 9.10. The summed E-state index contributed by atoms with van der Waals surface area (Å²) in [4.78, 5) is 2.39. The second-order valence-electron chi connectivity index (χ2n) is 5.50. The Hall–Kier alpha value is -0.390. The Balaban J connectivity index is 2.13. The smallest absolute Gasteiger partial charge is 0.0738 e. The Morgan fingerprint density at radius 2 is 1.89 bits per heavy atom. The number of aryl methyl sites for hydroxylation is 2. The van der Waals surface area contributed by atoms with Crippen LogP contribution in [0.2, 0.25) is 0 Å². The molecule has 108 valence electrons. The first-order valence-electron chi connectivity index (χ1n) is 7.15. The lowest BCUT2D eigenvalue weighted by atomic mass is 9.87. The second kappa shape index (κ2) is 5.94. The monoisotopic (exact) mass is 329 g/mol. The summed E-state index contributed by atoms with van der Waals surface area (Å²) in [6, 6.07) is 0. The van der Waals surface area contributed by atoms with Gasteiger partial charge in [-0.15, -0.1) is 0 Å². The lowest BCUT2D eigenvalue weighted by Crippen LogP contribution is -2.45. The number of hydrogen-bond acceptors (Lipinski definition) is 3.